The van der Waals surface area contributed by atoms with Gasteiger partial charge in [0.15, 0.2) is 11.6 Å². The van der Waals surface area contributed by atoms with Crippen LogP contribution in [0, 0.1) is 5.82 Å². The number of benzene rings is 1. The van der Waals surface area contributed by atoms with Crippen LogP contribution in [0.3, 0.4) is 0 Å². The van der Waals surface area contributed by atoms with Crippen molar-refractivity contribution in [3.8, 4) is 5.75 Å². The molecule has 3 nitrogen and oxygen atoms in total. The van der Waals surface area contributed by atoms with Gasteiger partial charge in [0.05, 0.1) is 0 Å². The molecule has 0 aromatic heterocycles. The quantitative estimate of drug-likeness (QED) is 0.774. The van der Waals surface area contributed by atoms with Gasteiger partial charge in [-0.3, -0.25) is 0 Å². The SMILES string of the molecule is CC(C)c1ccc(F)c(OC(=O)N(C)C)c1. The van der Waals surface area contributed by atoms with Crippen LogP contribution in [-0.4, -0.2) is 25.1 Å². The summed E-state index contributed by atoms with van der Waals surface area (Å²) in [5, 5.41) is 0. The minimum atomic E-state index is -0.584. The summed E-state index contributed by atoms with van der Waals surface area (Å²) in [6.45, 7) is 3.98. The van der Waals surface area contributed by atoms with E-state index in [-0.39, 0.29) is 11.7 Å². The van der Waals surface area contributed by atoms with Crippen LogP contribution >= 0.6 is 0 Å². The lowest BCUT2D eigenvalue weighted by Gasteiger charge is -2.13. The third-order valence-corrected chi connectivity index (χ3v) is 2.18. The maximum Gasteiger partial charge on any atom is 0.414 e. The Morgan fingerprint density at radius 1 is 1.38 bits per heavy atom. The molecule has 0 bridgehead atoms. The first-order chi connectivity index (χ1) is 7.41. The Morgan fingerprint density at radius 3 is 2.50 bits per heavy atom. The number of carbonyl (C=O) groups excluding carboxylic acids is 1. The van der Waals surface area contributed by atoms with Crippen LogP contribution in [0.25, 0.3) is 0 Å². The van der Waals surface area contributed by atoms with Crippen LogP contribution in [0.15, 0.2) is 18.2 Å². The van der Waals surface area contributed by atoms with Gasteiger partial charge in [-0.05, 0) is 23.6 Å². The Hall–Kier alpha value is -1.58. The van der Waals surface area contributed by atoms with Gasteiger partial charge >= 0.3 is 6.09 Å². The van der Waals surface area contributed by atoms with Crippen LogP contribution in [0.5, 0.6) is 5.75 Å². The largest absolute Gasteiger partial charge is 0.414 e. The predicted molar refractivity (Wildman–Crippen MR) is 60.2 cm³/mol. The second kappa shape index (κ2) is 4.96. The molecule has 0 N–H and O–H groups in total. The monoisotopic (exact) mass is 225 g/mol. The standard InChI is InChI=1S/C12H16FNO2/c1-8(2)9-5-6-10(13)11(7-9)16-12(15)14(3)4/h5-8H,1-4H3. The van der Waals surface area contributed by atoms with Crippen LogP contribution in [0.4, 0.5) is 9.18 Å². The third-order valence-electron chi connectivity index (χ3n) is 2.18. The van der Waals surface area contributed by atoms with Crippen LogP contribution in [-0.2, 0) is 0 Å². The van der Waals surface area contributed by atoms with Crippen molar-refractivity contribution in [3.05, 3.63) is 29.6 Å². The van der Waals surface area contributed by atoms with E-state index in [0.29, 0.717) is 0 Å². The van der Waals surface area contributed by atoms with Crippen LogP contribution < -0.4 is 4.74 Å². The molecule has 0 saturated heterocycles. The van der Waals surface area contributed by atoms with Crippen molar-refractivity contribution in [1.82, 2.24) is 4.90 Å². The molecule has 1 rings (SSSR count). The van der Waals surface area contributed by atoms with Gasteiger partial charge in [0.2, 0.25) is 0 Å². The van der Waals surface area contributed by atoms with Gasteiger partial charge in [-0.2, -0.15) is 0 Å². The third kappa shape index (κ3) is 2.95. The van der Waals surface area contributed by atoms with Gasteiger partial charge in [0.1, 0.15) is 0 Å². The summed E-state index contributed by atoms with van der Waals surface area (Å²) in [5.41, 5.74) is 0.933. The highest BCUT2D eigenvalue weighted by molar-refractivity contribution is 5.70. The summed E-state index contributed by atoms with van der Waals surface area (Å²) in [5.74, 6) is -0.290. The van der Waals surface area contributed by atoms with Crippen molar-refractivity contribution < 1.29 is 13.9 Å². The van der Waals surface area contributed by atoms with Gasteiger partial charge in [0, 0.05) is 14.1 Å². The molecule has 0 fully saturated rings. The van der Waals surface area contributed by atoms with Gasteiger partial charge < -0.3 is 9.64 Å². The lowest BCUT2D eigenvalue weighted by atomic mass is 10.0. The van der Waals surface area contributed by atoms with Crippen LogP contribution in [0.1, 0.15) is 25.3 Å². The minimum absolute atomic E-state index is 0.0232. The highest BCUT2D eigenvalue weighted by atomic mass is 19.1. The van der Waals surface area contributed by atoms with E-state index in [1.54, 1.807) is 26.2 Å². The Kier molecular flexibility index (Phi) is 3.88. The molecule has 0 aliphatic carbocycles. The Morgan fingerprint density at radius 2 is 2.00 bits per heavy atom. The maximum absolute atomic E-state index is 13.4. The van der Waals surface area contributed by atoms with Gasteiger partial charge in [-0.25, -0.2) is 9.18 Å². The lowest BCUT2D eigenvalue weighted by molar-refractivity contribution is 0.170. The van der Waals surface area contributed by atoms with Crippen LogP contribution in [0.2, 0.25) is 0 Å². The van der Waals surface area contributed by atoms with E-state index in [9.17, 15) is 9.18 Å². The number of amides is 1. The van der Waals surface area contributed by atoms with Crippen molar-refractivity contribution in [1.29, 1.82) is 0 Å². The number of nitrogens with zero attached hydrogens (tertiary/aromatic N) is 1. The highest BCUT2D eigenvalue weighted by Gasteiger charge is 2.12. The van der Waals surface area contributed by atoms with Crippen molar-refractivity contribution in [2.24, 2.45) is 0 Å². The lowest BCUT2D eigenvalue weighted by Crippen LogP contribution is -2.25. The molecule has 0 aliphatic heterocycles. The molecule has 1 aromatic rings. The molecule has 0 spiro atoms. The summed E-state index contributed by atoms with van der Waals surface area (Å²) in [6.07, 6.45) is -0.584. The smallest absolute Gasteiger partial charge is 0.407 e. The van der Waals surface area contributed by atoms with E-state index in [4.69, 9.17) is 4.74 Å². The molecule has 0 heterocycles. The molecule has 0 saturated carbocycles. The van der Waals surface area contributed by atoms with Crippen molar-refractivity contribution >= 4 is 6.09 Å². The maximum atomic E-state index is 13.4. The molecular weight excluding hydrogens is 209 g/mol. The molecule has 1 amide bonds. The first kappa shape index (κ1) is 12.5. The second-order valence-electron chi connectivity index (χ2n) is 4.11. The van der Waals surface area contributed by atoms with Crippen molar-refractivity contribution in [2.45, 2.75) is 19.8 Å². The number of ether oxygens (including phenoxy) is 1. The van der Waals surface area contributed by atoms with E-state index >= 15 is 0 Å². The Balaban J connectivity index is 2.94. The fourth-order valence-corrected chi connectivity index (χ4v) is 1.14. The van der Waals surface area contributed by atoms with E-state index in [0.717, 1.165) is 5.56 Å². The van der Waals surface area contributed by atoms with Gasteiger partial charge in [0.25, 0.3) is 0 Å². The topological polar surface area (TPSA) is 29.5 Å². The van der Waals surface area contributed by atoms with E-state index in [1.807, 2.05) is 13.8 Å². The number of halogens is 1. The Bertz CT molecular complexity index is 389. The molecule has 0 atom stereocenters. The van der Waals surface area contributed by atoms with E-state index in [2.05, 4.69) is 0 Å². The fraction of sp³-hybridized carbons (Fsp3) is 0.417. The average Bonchev–Trinajstić information content (AvgIpc) is 2.20. The molecule has 1 aromatic carbocycles. The second-order valence-corrected chi connectivity index (χ2v) is 4.11. The summed E-state index contributed by atoms with van der Waals surface area (Å²) >= 11 is 0. The highest BCUT2D eigenvalue weighted by Crippen LogP contribution is 2.23. The minimum Gasteiger partial charge on any atom is -0.407 e. The number of carbonyl (C=O) groups is 1. The molecule has 4 heteroatoms. The zero-order valence-electron chi connectivity index (χ0n) is 9.95. The van der Waals surface area contributed by atoms with Gasteiger partial charge in [-0.15, -0.1) is 0 Å². The normalized spacial score (nSPS) is 10.4. The molecule has 0 radical (unpaired) electrons. The summed E-state index contributed by atoms with van der Waals surface area (Å²) in [6, 6.07) is 4.56. The summed E-state index contributed by atoms with van der Waals surface area (Å²) in [4.78, 5) is 12.5. The molecule has 88 valence electrons. The first-order valence-electron chi connectivity index (χ1n) is 5.10. The molecule has 16 heavy (non-hydrogen) atoms. The van der Waals surface area contributed by atoms with Gasteiger partial charge in [-0.1, -0.05) is 19.9 Å². The zero-order valence-corrected chi connectivity index (χ0v) is 9.95. The van der Waals surface area contributed by atoms with Crippen molar-refractivity contribution in [2.75, 3.05) is 14.1 Å². The summed E-state index contributed by atoms with van der Waals surface area (Å²) in [7, 11) is 3.10. The first-order valence-corrected chi connectivity index (χ1v) is 5.10. The Labute approximate surface area is 94.8 Å². The number of hydrogen-bond acceptors (Lipinski definition) is 2. The van der Waals surface area contributed by atoms with E-state index < -0.39 is 11.9 Å². The fourth-order valence-electron chi connectivity index (χ4n) is 1.14. The predicted octanol–water partition coefficient (Wildman–Crippen LogP) is 3.01. The molecular formula is C12H16FNO2. The zero-order chi connectivity index (χ0) is 12.3. The van der Waals surface area contributed by atoms with E-state index in [1.165, 1.54) is 11.0 Å². The number of hydrogen-bond donors (Lipinski definition) is 0. The summed E-state index contributed by atoms with van der Waals surface area (Å²) < 4.78 is 18.3. The van der Waals surface area contributed by atoms with Crippen molar-refractivity contribution in [3.63, 3.8) is 0 Å². The number of rotatable bonds is 2. The average molecular weight is 225 g/mol. The molecule has 0 unspecified atom stereocenters. The molecule has 0 aliphatic rings.